The van der Waals surface area contributed by atoms with Crippen molar-refractivity contribution in [1.82, 2.24) is 0 Å². The van der Waals surface area contributed by atoms with E-state index >= 15 is 0 Å². The molecule has 0 atom stereocenters. The van der Waals surface area contributed by atoms with E-state index in [0.29, 0.717) is 28.5 Å². The van der Waals surface area contributed by atoms with Crippen LogP contribution in [0, 0.1) is 6.92 Å². The van der Waals surface area contributed by atoms with Crippen LogP contribution in [0.15, 0.2) is 42.5 Å². The molecular weight excluding hydrogens is 272 g/mol. The summed E-state index contributed by atoms with van der Waals surface area (Å²) in [6.07, 6.45) is 0.905. The second-order valence-corrected chi connectivity index (χ2v) is 5.07. The molecular formula is C17H17ClO2. The summed E-state index contributed by atoms with van der Waals surface area (Å²) in [6, 6.07) is 12.6. The Labute approximate surface area is 124 Å². The zero-order valence-corrected chi connectivity index (χ0v) is 12.4. The van der Waals surface area contributed by atoms with Crippen LogP contribution in [0.1, 0.15) is 34.8 Å². The molecule has 2 aromatic carbocycles. The molecule has 20 heavy (non-hydrogen) atoms. The Bertz CT molecular complexity index is 620. The molecule has 0 bridgehead atoms. The van der Waals surface area contributed by atoms with Crippen molar-refractivity contribution >= 4 is 17.4 Å². The minimum absolute atomic E-state index is 0.0362. The molecule has 0 saturated carbocycles. The van der Waals surface area contributed by atoms with Crippen LogP contribution in [0.5, 0.6) is 5.75 Å². The van der Waals surface area contributed by atoms with Crippen LogP contribution >= 0.6 is 11.6 Å². The number of halogens is 1. The van der Waals surface area contributed by atoms with Gasteiger partial charge in [-0.3, -0.25) is 4.79 Å². The van der Waals surface area contributed by atoms with Gasteiger partial charge in [-0.25, -0.2) is 0 Å². The fourth-order valence-electron chi connectivity index (χ4n) is 2.02. The molecule has 0 spiro atoms. The fraction of sp³-hybridized carbons (Fsp3) is 0.235. The number of hydrogen-bond acceptors (Lipinski definition) is 2. The molecule has 0 aromatic heterocycles. The van der Waals surface area contributed by atoms with Gasteiger partial charge in [-0.2, -0.15) is 0 Å². The third kappa shape index (κ3) is 3.20. The van der Waals surface area contributed by atoms with E-state index in [1.54, 1.807) is 24.3 Å². The smallest absolute Gasteiger partial charge is 0.197 e. The number of carbonyl (C=O) groups is 1. The highest BCUT2D eigenvalue weighted by molar-refractivity contribution is 6.30. The van der Waals surface area contributed by atoms with Gasteiger partial charge in [-0.1, -0.05) is 30.7 Å². The van der Waals surface area contributed by atoms with Crippen LogP contribution < -0.4 is 4.74 Å². The van der Waals surface area contributed by atoms with Gasteiger partial charge in [-0.15, -0.1) is 0 Å². The topological polar surface area (TPSA) is 26.3 Å². The lowest BCUT2D eigenvalue weighted by Crippen LogP contribution is -2.07. The number of carbonyl (C=O) groups excluding carboxylic acids is 1. The summed E-state index contributed by atoms with van der Waals surface area (Å²) in [7, 11) is 0. The number of hydrogen-bond donors (Lipinski definition) is 0. The van der Waals surface area contributed by atoms with E-state index in [1.165, 1.54) is 0 Å². The van der Waals surface area contributed by atoms with Gasteiger partial charge in [0.1, 0.15) is 5.75 Å². The molecule has 0 aliphatic carbocycles. The Morgan fingerprint density at radius 3 is 2.60 bits per heavy atom. The molecule has 0 N–H and O–H groups in total. The predicted octanol–water partition coefficient (Wildman–Crippen LogP) is 4.67. The van der Waals surface area contributed by atoms with E-state index < -0.39 is 0 Å². The van der Waals surface area contributed by atoms with Gasteiger partial charge in [0.05, 0.1) is 12.2 Å². The SMILES string of the molecule is CCCOc1ccccc1C(=O)c1ccc(Cl)cc1C. The largest absolute Gasteiger partial charge is 0.493 e. The van der Waals surface area contributed by atoms with Crippen molar-refractivity contribution in [2.24, 2.45) is 0 Å². The molecule has 0 heterocycles. The van der Waals surface area contributed by atoms with E-state index in [1.807, 2.05) is 32.0 Å². The van der Waals surface area contributed by atoms with Crippen LogP contribution in [-0.2, 0) is 0 Å². The van der Waals surface area contributed by atoms with E-state index in [-0.39, 0.29) is 5.78 Å². The molecule has 0 amide bonds. The second kappa shape index (κ2) is 6.58. The van der Waals surface area contributed by atoms with Crippen molar-refractivity contribution in [1.29, 1.82) is 0 Å². The van der Waals surface area contributed by atoms with Gasteiger partial charge in [0, 0.05) is 10.6 Å². The summed E-state index contributed by atoms with van der Waals surface area (Å²) in [4.78, 5) is 12.6. The first-order valence-corrected chi connectivity index (χ1v) is 7.04. The zero-order chi connectivity index (χ0) is 14.5. The van der Waals surface area contributed by atoms with Crippen molar-refractivity contribution in [3.63, 3.8) is 0 Å². The first kappa shape index (κ1) is 14.6. The standard InChI is InChI=1S/C17H17ClO2/c1-3-10-20-16-7-5-4-6-15(16)17(19)14-9-8-13(18)11-12(14)2/h4-9,11H,3,10H2,1-2H3. The Morgan fingerprint density at radius 2 is 1.90 bits per heavy atom. The molecule has 0 fully saturated rings. The number of ether oxygens (including phenoxy) is 1. The highest BCUT2D eigenvalue weighted by atomic mass is 35.5. The highest BCUT2D eigenvalue weighted by Gasteiger charge is 2.16. The maximum absolute atomic E-state index is 12.6. The first-order valence-electron chi connectivity index (χ1n) is 6.66. The monoisotopic (exact) mass is 288 g/mol. The van der Waals surface area contributed by atoms with Crippen LogP contribution in [0.25, 0.3) is 0 Å². The third-order valence-electron chi connectivity index (χ3n) is 3.03. The number of para-hydroxylation sites is 1. The number of benzene rings is 2. The predicted molar refractivity (Wildman–Crippen MR) is 81.8 cm³/mol. The van der Waals surface area contributed by atoms with Crippen molar-refractivity contribution in [2.45, 2.75) is 20.3 Å². The first-order chi connectivity index (χ1) is 9.63. The molecule has 0 unspecified atom stereocenters. The molecule has 0 saturated heterocycles. The van der Waals surface area contributed by atoms with Crippen LogP contribution in [0.4, 0.5) is 0 Å². The lowest BCUT2D eigenvalue weighted by Gasteiger charge is -2.11. The minimum Gasteiger partial charge on any atom is -0.493 e. The quantitative estimate of drug-likeness (QED) is 0.748. The fourth-order valence-corrected chi connectivity index (χ4v) is 2.25. The van der Waals surface area contributed by atoms with E-state index in [2.05, 4.69) is 0 Å². The van der Waals surface area contributed by atoms with Crippen molar-refractivity contribution in [3.05, 3.63) is 64.2 Å². The van der Waals surface area contributed by atoms with Gasteiger partial charge in [0.25, 0.3) is 0 Å². The highest BCUT2D eigenvalue weighted by Crippen LogP contribution is 2.24. The molecule has 0 aliphatic rings. The van der Waals surface area contributed by atoms with E-state index in [9.17, 15) is 4.79 Å². The lowest BCUT2D eigenvalue weighted by molar-refractivity contribution is 0.103. The maximum Gasteiger partial charge on any atom is 0.197 e. The Kier molecular flexibility index (Phi) is 4.80. The molecule has 2 aromatic rings. The third-order valence-corrected chi connectivity index (χ3v) is 3.26. The molecule has 3 heteroatoms. The minimum atomic E-state index is -0.0362. The Morgan fingerprint density at radius 1 is 1.15 bits per heavy atom. The maximum atomic E-state index is 12.6. The van der Waals surface area contributed by atoms with Gasteiger partial charge in [-0.05, 0) is 49.2 Å². The average molecular weight is 289 g/mol. The molecule has 2 rings (SSSR count). The van der Waals surface area contributed by atoms with Gasteiger partial charge < -0.3 is 4.74 Å². The zero-order valence-electron chi connectivity index (χ0n) is 11.7. The number of ketones is 1. The van der Waals surface area contributed by atoms with Crippen molar-refractivity contribution in [3.8, 4) is 5.75 Å². The van der Waals surface area contributed by atoms with Crippen molar-refractivity contribution in [2.75, 3.05) is 6.61 Å². The summed E-state index contributed by atoms with van der Waals surface area (Å²) in [5.41, 5.74) is 2.11. The van der Waals surface area contributed by atoms with Gasteiger partial charge in [0.15, 0.2) is 5.78 Å². The molecule has 0 radical (unpaired) electrons. The van der Waals surface area contributed by atoms with E-state index in [0.717, 1.165) is 12.0 Å². The average Bonchev–Trinajstić information content (AvgIpc) is 2.45. The number of aryl methyl sites for hydroxylation is 1. The van der Waals surface area contributed by atoms with Crippen LogP contribution in [0.2, 0.25) is 5.02 Å². The Hall–Kier alpha value is -1.80. The van der Waals surface area contributed by atoms with Crippen molar-refractivity contribution < 1.29 is 9.53 Å². The lowest BCUT2D eigenvalue weighted by atomic mass is 9.98. The van der Waals surface area contributed by atoms with Gasteiger partial charge >= 0.3 is 0 Å². The number of rotatable bonds is 5. The molecule has 0 aliphatic heterocycles. The summed E-state index contributed by atoms with van der Waals surface area (Å²) in [5, 5.41) is 0.634. The van der Waals surface area contributed by atoms with Crippen LogP contribution in [-0.4, -0.2) is 12.4 Å². The van der Waals surface area contributed by atoms with Gasteiger partial charge in [0.2, 0.25) is 0 Å². The summed E-state index contributed by atoms with van der Waals surface area (Å²) in [5.74, 6) is 0.597. The summed E-state index contributed by atoms with van der Waals surface area (Å²) in [6.45, 7) is 4.52. The van der Waals surface area contributed by atoms with E-state index in [4.69, 9.17) is 16.3 Å². The van der Waals surface area contributed by atoms with Crippen LogP contribution in [0.3, 0.4) is 0 Å². The second-order valence-electron chi connectivity index (χ2n) is 4.63. The molecule has 2 nitrogen and oxygen atoms in total. The normalized spacial score (nSPS) is 10.3. The Balaban J connectivity index is 2.38. The summed E-state index contributed by atoms with van der Waals surface area (Å²) >= 11 is 5.93. The summed E-state index contributed by atoms with van der Waals surface area (Å²) < 4.78 is 5.65. The molecule has 104 valence electrons.